The Hall–Kier alpha value is -1.82. The summed E-state index contributed by atoms with van der Waals surface area (Å²) in [5.41, 5.74) is 4.26. The minimum Gasteiger partial charge on any atom is -0.444 e. The molecule has 1 heterocycles. The van der Waals surface area contributed by atoms with E-state index in [1.54, 1.807) is 6.08 Å². The summed E-state index contributed by atoms with van der Waals surface area (Å²) in [6.07, 6.45) is 1.84. The second-order valence-corrected chi connectivity index (χ2v) is 9.43. The number of ether oxygens (including phenoxy) is 1. The summed E-state index contributed by atoms with van der Waals surface area (Å²) in [6.45, 7) is 9.38. The molecule has 132 valence electrons. The Labute approximate surface area is 144 Å². The lowest BCUT2D eigenvalue weighted by molar-refractivity contribution is 0.0636. The fourth-order valence-electron chi connectivity index (χ4n) is 2.87. The minimum atomic E-state index is -2.94. The van der Waals surface area contributed by atoms with Gasteiger partial charge in [-0.15, -0.1) is 0 Å². The van der Waals surface area contributed by atoms with Crippen LogP contribution in [0.4, 0.5) is 10.5 Å². The van der Waals surface area contributed by atoms with E-state index in [-0.39, 0.29) is 11.5 Å². The number of sulfone groups is 1. The summed E-state index contributed by atoms with van der Waals surface area (Å²) in [4.78, 5) is 11.9. The van der Waals surface area contributed by atoms with E-state index in [9.17, 15) is 13.2 Å². The largest absolute Gasteiger partial charge is 0.444 e. The van der Waals surface area contributed by atoms with Crippen LogP contribution in [0, 0.1) is 13.8 Å². The zero-order valence-corrected chi connectivity index (χ0v) is 15.7. The van der Waals surface area contributed by atoms with Gasteiger partial charge in [0.05, 0.1) is 11.5 Å². The summed E-state index contributed by atoms with van der Waals surface area (Å²) in [6, 6.07) is 3.77. The van der Waals surface area contributed by atoms with Gasteiger partial charge in [0.25, 0.3) is 0 Å². The van der Waals surface area contributed by atoms with E-state index in [0.717, 1.165) is 22.3 Å². The molecule has 0 aliphatic carbocycles. The molecule has 0 atom stereocenters. The van der Waals surface area contributed by atoms with Crippen LogP contribution < -0.4 is 5.32 Å². The molecule has 1 N–H and O–H groups in total. The van der Waals surface area contributed by atoms with E-state index in [2.05, 4.69) is 5.32 Å². The van der Waals surface area contributed by atoms with Crippen LogP contribution in [0.2, 0.25) is 0 Å². The number of hydrogen-bond acceptors (Lipinski definition) is 4. The molecular weight excluding hydrogens is 326 g/mol. The number of benzene rings is 1. The predicted octanol–water partition coefficient (Wildman–Crippen LogP) is 3.85. The van der Waals surface area contributed by atoms with Crippen LogP contribution >= 0.6 is 0 Å². The molecule has 0 spiro atoms. The van der Waals surface area contributed by atoms with Crippen molar-refractivity contribution in [1.29, 1.82) is 0 Å². The highest BCUT2D eigenvalue weighted by Gasteiger charge is 2.21. The number of hydrogen-bond donors (Lipinski definition) is 1. The highest BCUT2D eigenvalue weighted by Crippen LogP contribution is 2.31. The maximum absolute atomic E-state index is 11.9. The van der Waals surface area contributed by atoms with E-state index in [4.69, 9.17) is 4.74 Å². The van der Waals surface area contributed by atoms with Crippen molar-refractivity contribution in [3.63, 3.8) is 0 Å². The van der Waals surface area contributed by atoms with Gasteiger partial charge in [0, 0.05) is 5.69 Å². The lowest BCUT2D eigenvalue weighted by Gasteiger charge is -2.21. The van der Waals surface area contributed by atoms with Gasteiger partial charge in [0.1, 0.15) is 5.60 Å². The van der Waals surface area contributed by atoms with Crippen molar-refractivity contribution in [3.8, 4) is 0 Å². The second kappa shape index (κ2) is 6.59. The molecule has 5 nitrogen and oxygen atoms in total. The van der Waals surface area contributed by atoms with Gasteiger partial charge >= 0.3 is 6.09 Å². The molecule has 0 radical (unpaired) electrons. The number of nitrogens with one attached hydrogen (secondary N) is 1. The molecule has 0 saturated heterocycles. The zero-order chi connectivity index (χ0) is 18.1. The summed E-state index contributed by atoms with van der Waals surface area (Å²) in [5, 5.41) is 2.75. The third-order valence-electron chi connectivity index (χ3n) is 3.77. The van der Waals surface area contributed by atoms with Crippen LogP contribution in [0.25, 0.3) is 5.57 Å². The Morgan fingerprint density at radius 3 is 2.21 bits per heavy atom. The van der Waals surface area contributed by atoms with Gasteiger partial charge in [-0.25, -0.2) is 13.2 Å². The Morgan fingerprint density at radius 2 is 1.75 bits per heavy atom. The molecule has 0 aromatic heterocycles. The van der Waals surface area contributed by atoms with Gasteiger partial charge in [0.2, 0.25) is 0 Å². The van der Waals surface area contributed by atoms with Crippen molar-refractivity contribution < 1.29 is 17.9 Å². The third-order valence-corrected chi connectivity index (χ3v) is 5.27. The summed E-state index contributed by atoms with van der Waals surface area (Å²) >= 11 is 0. The standard InChI is InChI=1S/C18H25NO4S/c1-12-10-15(19-17(20)23-18(3,4)5)11-13(2)16(12)14-6-8-24(21,22)9-7-14/h6,10-11H,7-9H2,1-5H3,(H,19,20). The van der Waals surface area contributed by atoms with Gasteiger partial charge in [-0.1, -0.05) is 6.08 Å². The predicted molar refractivity (Wildman–Crippen MR) is 97.0 cm³/mol. The van der Waals surface area contributed by atoms with Crippen LogP contribution in [-0.2, 0) is 14.6 Å². The van der Waals surface area contributed by atoms with Crippen LogP contribution in [0.5, 0.6) is 0 Å². The van der Waals surface area contributed by atoms with Gasteiger partial charge in [-0.2, -0.15) is 0 Å². The first-order valence-corrected chi connectivity index (χ1v) is 9.80. The molecule has 1 aliphatic heterocycles. The maximum Gasteiger partial charge on any atom is 0.412 e. The van der Waals surface area contributed by atoms with Crippen LogP contribution in [0.3, 0.4) is 0 Å². The van der Waals surface area contributed by atoms with Crippen molar-refractivity contribution in [2.24, 2.45) is 0 Å². The smallest absolute Gasteiger partial charge is 0.412 e. The molecule has 0 fully saturated rings. The molecule has 0 bridgehead atoms. The van der Waals surface area contributed by atoms with Crippen molar-refractivity contribution in [2.45, 2.75) is 46.6 Å². The van der Waals surface area contributed by atoms with E-state index in [1.807, 2.05) is 46.8 Å². The first-order chi connectivity index (χ1) is 11.0. The van der Waals surface area contributed by atoms with Gasteiger partial charge in [0.15, 0.2) is 9.84 Å². The number of anilines is 1. The fraction of sp³-hybridized carbons (Fsp3) is 0.500. The topological polar surface area (TPSA) is 72.5 Å². The number of rotatable bonds is 2. The molecule has 1 amide bonds. The maximum atomic E-state index is 11.9. The number of aryl methyl sites for hydroxylation is 2. The van der Waals surface area contributed by atoms with Crippen molar-refractivity contribution in [1.82, 2.24) is 0 Å². The quantitative estimate of drug-likeness (QED) is 0.878. The van der Waals surface area contributed by atoms with Gasteiger partial charge < -0.3 is 4.74 Å². The van der Waals surface area contributed by atoms with Crippen molar-refractivity contribution in [2.75, 3.05) is 16.8 Å². The molecule has 1 aliphatic rings. The average molecular weight is 351 g/mol. The Kier molecular flexibility index (Phi) is 5.08. The molecule has 0 saturated carbocycles. The molecule has 24 heavy (non-hydrogen) atoms. The van der Waals surface area contributed by atoms with Crippen LogP contribution in [0.15, 0.2) is 18.2 Å². The fourth-order valence-corrected chi connectivity index (χ4v) is 4.02. The minimum absolute atomic E-state index is 0.0964. The van der Waals surface area contributed by atoms with Crippen LogP contribution in [0.1, 0.15) is 43.9 Å². The summed E-state index contributed by atoms with van der Waals surface area (Å²) < 4.78 is 28.4. The molecule has 6 heteroatoms. The Morgan fingerprint density at radius 1 is 1.17 bits per heavy atom. The van der Waals surface area contributed by atoms with E-state index in [1.165, 1.54) is 0 Å². The SMILES string of the molecule is Cc1cc(NC(=O)OC(C)(C)C)cc(C)c1C1=CCS(=O)(=O)CC1. The zero-order valence-electron chi connectivity index (χ0n) is 14.9. The van der Waals surface area contributed by atoms with Crippen molar-refractivity contribution >= 4 is 27.2 Å². The highest BCUT2D eigenvalue weighted by atomic mass is 32.2. The summed E-state index contributed by atoms with van der Waals surface area (Å²) in [5.74, 6) is 0.286. The molecule has 1 aromatic carbocycles. The number of allylic oxidation sites excluding steroid dienone is 1. The normalized spacial score (nSPS) is 17.1. The van der Waals surface area contributed by atoms with Crippen LogP contribution in [-0.4, -0.2) is 31.6 Å². The first-order valence-electron chi connectivity index (χ1n) is 7.98. The molecule has 0 unspecified atom stereocenters. The Bertz CT molecular complexity index is 763. The van der Waals surface area contributed by atoms with E-state index in [0.29, 0.717) is 12.1 Å². The molecule has 1 aromatic rings. The molecule has 2 rings (SSSR count). The van der Waals surface area contributed by atoms with Crippen molar-refractivity contribution in [3.05, 3.63) is 34.9 Å². The first kappa shape index (κ1) is 18.5. The monoisotopic (exact) mass is 351 g/mol. The lowest BCUT2D eigenvalue weighted by atomic mass is 9.93. The Balaban J connectivity index is 2.23. The third kappa shape index (κ3) is 4.84. The summed E-state index contributed by atoms with van der Waals surface area (Å²) in [7, 11) is -2.94. The highest BCUT2D eigenvalue weighted by molar-refractivity contribution is 7.91. The van der Waals surface area contributed by atoms with Gasteiger partial charge in [-0.05, 0) is 75.4 Å². The lowest BCUT2D eigenvalue weighted by Crippen LogP contribution is -2.27. The second-order valence-electron chi connectivity index (χ2n) is 7.21. The van der Waals surface area contributed by atoms with E-state index < -0.39 is 21.5 Å². The average Bonchev–Trinajstić information content (AvgIpc) is 2.37. The number of carbonyl (C=O) groups is 1. The number of carbonyl (C=O) groups excluding carboxylic acids is 1. The van der Waals surface area contributed by atoms with Gasteiger partial charge in [-0.3, -0.25) is 5.32 Å². The molecular formula is C18H25NO4S. The number of amides is 1. The van der Waals surface area contributed by atoms with E-state index >= 15 is 0 Å².